The molecule has 5 rings (SSSR count). The summed E-state index contributed by atoms with van der Waals surface area (Å²) in [6, 6.07) is -1.82. The summed E-state index contributed by atoms with van der Waals surface area (Å²) < 4.78 is 91.8. The molecule has 0 aromatic rings. The van der Waals surface area contributed by atoms with E-state index in [1.165, 1.54) is 57.8 Å². The Morgan fingerprint density at radius 1 is 0.430 bits per heavy atom. The van der Waals surface area contributed by atoms with Crippen LogP contribution in [0.1, 0.15) is 110 Å². The lowest BCUT2D eigenvalue weighted by Gasteiger charge is -2.49. The van der Waals surface area contributed by atoms with Crippen molar-refractivity contribution in [3.8, 4) is 0 Å². The molecule has 0 aromatic carbocycles. The topological polar surface area (TPSA) is 599 Å². The van der Waals surface area contributed by atoms with Crippen molar-refractivity contribution in [2.75, 3.05) is 59.3 Å². The van der Waals surface area contributed by atoms with Crippen LogP contribution in [-0.4, -0.2) is 317 Å². The lowest BCUT2D eigenvalue weighted by molar-refractivity contribution is -0.377. The van der Waals surface area contributed by atoms with E-state index in [2.05, 4.69) is 17.6 Å². The molecule has 4 heterocycles. The van der Waals surface area contributed by atoms with Crippen molar-refractivity contribution in [1.29, 1.82) is 0 Å². The van der Waals surface area contributed by atoms with Gasteiger partial charge in [0.25, 0.3) is 0 Å². The van der Waals surface area contributed by atoms with E-state index in [9.17, 15) is 105 Å². The number of aliphatic hydroxyl groups is 15. The first-order chi connectivity index (χ1) is 44.1. The van der Waals surface area contributed by atoms with Crippen molar-refractivity contribution in [1.82, 2.24) is 10.6 Å². The highest BCUT2D eigenvalue weighted by Crippen LogP contribution is 2.48. The van der Waals surface area contributed by atoms with Crippen LogP contribution in [0.5, 0.6) is 0 Å². The molecule has 23 N–H and O–H groups in total. The van der Waals surface area contributed by atoms with Crippen LogP contribution in [0.3, 0.4) is 0 Å². The Bertz CT molecular complexity index is 2250. The first-order valence-electron chi connectivity index (χ1n) is 31.6. The predicted molar refractivity (Wildman–Crippen MR) is 312 cm³/mol. The van der Waals surface area contributed by atoms with Gasteiger partial charge in [0.05, 0.1) is 58.8 Å². The predicted octanol–water partition coefficient (Wildman–Crippen LogP) is -6.84. The molecule has 39 heteroatoms. The van der Waals surface area contributed by atoms with E-state index in [0.29, 0.717) is 12.8 Å². The van der Waals surface area contributed by atoms with Crippen molar-refractivity contribution in [2.45, 2.75) is 269 Å². The summed E-state index contributed by atoms with van der Waals surface area (Å²) in [4.78, 5) is 44.1. The smallest absolute Gasteiger partial charge is 0.394 e. The summed E-state index contributed by atoms with van der Waals surface area (Å²) in [6.07, 6.45) is -33.6. The molecule has 1 saturated carbocycles. The number of nitrogens with two attached hydrogens (primary N) is 2. The van der Waals surface area contributed by atoms with Crippen LogP contribution >= 0.6 is 15.6 Å². The van der Waals surface area contributed by atoms with E-state index in [1.54, 1.807) is 0 Å². The first kappa shape index (κ1) is 81.8. The zero-order valence-corrected chi connectivity index (χ0v) is 53.7. The largest absolute Gasteiger partial charge is 0.472 e. The fourth-order valence-electron chi connectivity index (χ4n) is 11.0. The van der Waals surface area contributed by atoms with Crippen molar-refractivity contribution in [3.05, 3.63) is 0 Å². The van der Waals surface area contributed by atoms with Gasteiger partial charge in [-0.15, -0.1) is 0 Å². The van der Waals surface area contributed by atoms with E-state index < -0.39 is 226 Å². The second kappa shape index (κ2) is 40.4. The summed E-state index contributed by atoms with van der Waals surface area (Å²) >= 11 is 0. The third kappa shape index (κ3) is 24.5. The monoisotopic (exact) mass is 1400 g/mol. The number of unbranched alkanes of at least 4 members (excludes halogenated alkanes) is 15. The second-order valence-electron chi connectivity index (χ2n) is 23.7. The number of nitrogens with one attached hydrogen (secondary N) is 2. The minimum absolute atomic E-state index is 0.263. The van der Waals surface area contributed by atoms with E-state index in [4.69, 9.17) is 67.5 Å². The van der Waals surface area contributed by atoms with Gasteiger partial charge in [-0.3, -0.25) is 27.7 Å². The number of phosphoric ester groups is 2. The SMILES string of the molecule is CCCCCCCCCCCCCCCCCCOP(=O)(O)O[C@@H]1[C@H](O)[C@H](O)[C@@H](O)[C@H](O)[C@H]1O[C@H]1O[C@H](CO)[C@@H](O[C@H]2O[C@H](CO[C@H]3O[C@H](CO)[C@@H](O)[C@H](O)[C@@H]3O[C@H]3O[C@H](COP(=O)(O)OCCNC(=O)CNC(=O)CN)[C@@H](O)[C@H](O)[C@@H]3O)[C@@H](O)[C@H](O)[C@@H]2O)[C@H](O)[C@H]1N. The van der Waals surface area contributed by atoms with E-state index in [0.717, 1.165) is 32.1 Å². The molecular formula is C54H102N4O33P2. The number of carbonyl (C=O) groups excluding carboxylic acids is 2. The molecule has 5 fully saturated rings. The van der Waals surface area contributed by atoms with Gasteiger partial charge in [-0.2, -0.15) is 0 Å². The Kier molecular flexibility index (Phi) is 35.6. The van der Waals surface area contributed by atoms with Crippen LogP contribution in [0.2, 0.25) is 0 Å². The Balaban J connectivity index is 1.15. The normalized spacial score (nSPS) is 38.8. The van der Waals surface area contributed by atoms with Gasteiger partial charge >= 0.3 is 15.6 Å². The minimum atomic E-state index is -5.13. The molecule has 2 unspecified atom stereocenters. The molecular weight excluding hydrogens is 1290 g/mol. The molecule has 2 amide bonds. The molecule has 4 saturated heterocycles. The molecule has 28 atom stereocenters. The Morgan fingerprint density at radius 2 is 0.860 bits per heavy atom. The van der Waals surface area contributed by atoms with Crippen LogP contribution in [0, 0.1) is 0 Å². The van der Waals surface area contributed by atoms with Crippen molar-refractivity contribution in [3.63, 3.8) is 0 Å². The molecule has 37 nitrogen and oxygen atoms in total. The van der Waals surface area contributed by atoms with Gasteiger partial charge in [0.15, 0.2) is 25.2 Å². The molecule has 0 aromatic heterocycles. The molecule has 0 spiro atoms. The van der Waals surface area contributed by atoms with Crippen LogP contribution in [0.15, 0.2) is 0 Å². The summed E-state index contributed by atoms with van der Waals surface area (Å²) in [5.41, 5.74) is 11.5. The highest BCUT2D eigenvalue weighted by Gasteiger charge is 2.57. The van der Waals surface area contributed by atoms with Gasteiger partial charge < -0.3 is 146 Å². The number of ether oxygens (including phenoxy) is 8. The number of amides is 2. The Hall–Kier alpha value is -1.84. The Labute approximate surface area is 537 Å². The van der Waals surface area contributed by atoms with Gasteiger partial charge in [-0.05, 0) is 6.42 Å². The average molecular weight is 1400 g/mol. The van der Waals surface area contributed by atoms with Gasteiger partial charge in [-0.25, -0.2) is 9.13 Å². The lowest BCUT2D eigenvalue weighted by atomic mass is 9.84. The van der Waals surface area contributed by atoms with E-state index in [1.807, 2.05) is 0 Å². The summed E-state index contributed by atoms with van der Waals surface area (Å²) in [7, 11) is -10.1. The molecule has 4 aliphatic heterocycles. The maximum Gasteiger partial charge on any atom is 0.472 e. The molecule has 0 radical (unpaired) electrons. The van der Waals surface area contributed by atoms with Gasteiger partial charge in [0.1, 0.15) is 128 Å². The zero-order chi connectivity index (χ0) is 68.7. The quantitative estimate of drug-likeness (QED) is 0.0200. The number of carbonyl (C=O) groups is 2. The minimum Gasteiger partial charge on any atom is -0.394 e. The second-order valence-corrected chi connectivity index (χ2v) is 26.6. The highest BCUT2D eigenvalue weighted by atomic mass is 31.2. The molecule has 1 aliphatic carbocycles. The van der Waals surface area contributed by atoms with Crippen molar-refractivity contribution >= 4 is 27.5 Å². The fourth-order valence-corrected chi connectivity index (χ4v) is 12.8. The number of phosphoric acid groups is 2. The lowest BCUT2D eigenvalue weighted by Crippen LogP contribution is -2.69. The summed E-state index contributed by atoms with van der Waals surface area (Å²) in [6.45, 7) is -3.91. The van der Waals surface area contributed by atoms with E-state index >= 15 is 0 Å². The van der Waals surface area contributed by atoms with Crippen LogP contribution in [-0.2, 0) is 74.7 Å². The molecule has 546 valence electrons. The first-order valence-corrected chi connectivity index (χ1v) is 34.6. The van der Waals surface area contributed by atoms with Gasteiger partial charge in [0.2, 0.25) is 11.8 Å². The average Bonchev–Trinajstić information content (AvgIpc) is 0.795. The summed E-state index contributed by atoms with van der Waals surface area (Å²) in [5.74, 6) is -1.33. The molecule has 0 bridgehead atoms. The van der Waals surface area contributed by atoms with Crippen molar-refractivity contribution in [2.24, 2.45) is 11.5 Å². The van der Waals surface area contributed by atoms with Crippen LogP contribution in [0.4, 0.5) is 0 Å². The number of aliphatic hydroxyl groups excluding tert-OH is 15. The fraction of sp³-hybridized carbons (Fsp3) is 0.963. The summed E-state index contributed by atoms with van der Waals surface area (Å²) in [5, 5.41) is 168. The van der Waals surface area contributed by atoms with Crippen molar-refractivity contribution < 1.29 is 161 Å². The third-order valence-corrected chi connectivity index (χ3v) is 18.6. The molecule has 93 heavy (non-hydrogen) atoms. The standard InChI is InChI=1S/C54H102N4O33P2/c1-2-3-4-5-6-7-8-9-10-11-12-13-14-15-16-17-19-81-93(78,79)91-49-44(73)41(70)40(69)43(72)48(49)89-51-33(56)37(66)47(28(24-60)85-51)88-52-45(74)38(67)35(64)29(86-52)25-80-54-50(42(71)34(63)27(23-59)84-54)90-53-46(75)39(68)36(65)30(87-53)26-83-92(76,77)82-20-18-57-32(62)22-58-31(61)21-55/h27-30,33-54,59-60,63-75H,2-26,55-56H2,1H3,(H,57,62)(H,58,61)(H,76,77)(H,78,79)/t27-,28-,29-,30-,33-,34-,35-,36-,37-,38+,39+,40-,41-,42+,43+,44-,45+,46+,47-,48-,49-,50+,51-,52-,53-,54+/m1/s1. The van der Waals surface area contributed by atoms with Gasteiger partial charge in [0, 0.05) is 6.54 Å². The Morgan fingerprint density at radius 3 is 1.39 bits per heavy atom. The zero-order valence-electron chi connectivity index (χ0n) is 51.9. The third-order valence-electron chi connectivity index (χ3n) is 16.6. The van der Waals surface area contributed by atoms with Crippen LogP contribution < -0.4 is 22.1 Å². The number of rotatable bonds is 41. The maximum absolute atomic E-state index is 13.3. The molecule has 5 aliphatic rings. The maximum atomic E-state index is 13.3. The van der Waals surface area contributed by atoms with Crippen LogP contribution in [0.25, 0.3) is 0 Å². The number of hydrogen-bond acceptors (Lipinski definition) is 33. The highest BCUT2D eigenvalue weighted by molar-refractivity contribution is 7.47. The number of hydrogen-bond donors (Lipinski definition) is 21. The van der Waals surface area contributed by atoms with Gasteiger partial charge in [-0.1, -0.05) is 103 Å². The van der Waals surface area contributed by atoms with E-state index in [-0.39, 0.29) is 19.7 Å².